The molecule has 1 saturated heterocycles. The van der Waals surface area contributed by atoms with Crippen molar-refractivity contribution >= 4 is 5.97 Å². The molecule has 1 aliphatic heterocycles. The number of ether oxygens (including phenoxy) is 1. The summed E-state index contributed by atoms with van der Waals surface area (Å²) in [7, 11) is 0. The van der Waals surface area contributed by atoms with Crippen LogP contribution in [-0.2, 0) is 9.53 Å². The number of hydrogen-bond donors (Lipinski definition) is 1. The molecule has 0 aromatic rings. The van der Waals surface area contributed by atoms with Crippen molar-refractivity contribution in [3.8, 4) is 0 Å². The van der Waals surface area contributed by atoms with E-state index in [9.17, 15) is 9.90 Å². The highest BCUT2D eigenvalue weighted by Gasteiger charge is 2.31. The van der Waals surface area contributed by atoms with Crippen LogP contribution in [0.4, 0.5) is 0 Å². The van der Waals surface area contributed by atoms with Crippen LogP contribution >= 0.6 is 0 Å². The van der Waals surface area contributed by atoms with E-state index >= 15 is 0 Å². The van der Waals surface area contributed by atoms with Gasteiger partial charge in [0.25, 0.3) is 0 Å². The molecule has 0 aliphatic carbocycles. The van der Waals surface area contributed by atoms with E-state index in [0.29, 0.717) is 13.2 Å². The molecule has 4 heteroatoms. The van der Waals surface area contributed by atoms with Gasteiger partial charge in [-0.3, -0.25) is 4.79 Å². The molecule has 0 bridgehead atoms. The zero-order chi connectivity index (χ0) is 13.8. The van der Waals surface area contributed by atoms with Gasteiger partial charge in [-0.25, -0.2) is 0 Å². The summed E-state index contributed by atoms with van der Waals surface area (Å²) >= 11 is 0. The third-order valence-electron chi connectivity index (χ3n) is 4.00. The van der Waals surface area contributed by atoms with E-state index in [-0.39, 0.29) is 17.8 Å². The average Bonchev–Trinajstić information content (AvgIpc) is 2.29. The quantitative estimate of drug-likeness (QED) is 0.761. The number of β-amino-alcohol motifs (C(OH)–C–C–N with tert-alkyl or cyclic N) is 1. The summed E-state index contributed by atoms with van der Waals surface area (Å²) in [5.74, 6) is 0.221. The smallest absolute Gasteiger partial charge is 0.309 e. The Morgan fingerprint density at radius 3 is 2.44 bits per heavy atom. The molecular formula is C14H27NO3. The molecule has 1 heterocycles. The van der Waals surface area contributed by atoms with Crippen molar-refractivity contribution < 1.29 is 14.6 Å². The van der Waals surface area contributed by atoms with Crippen LogP contribution in [0.1, 0.15) is 40.5 Å². The second-order valence-corrected chi connectivity index (χ2v) is 5.81. The molecule has 4 nitrogen and oxygen atoms in total. The molecule has 1 rings (SSSR count). The monoisotopic (exact) mass is 257 g/mol. The Kier molecular flexibility index (Phi) is 5.60. The molecule has 106 valence electrons. The first-order chi connectivity index (χ1) is 8.36. The maximum absolute atomic E-state index is 11.6. The van der Waals surface area contributed by atoms with E-state index in [2.05, 4.69) is 4.90 Å². The van der Waals surface area contributed by atoms with Gasteiger partial charge in [-0.05, 0) is 45.7 Å². The first-order valence-electron chi connectivity index (χ1n) is 6.98. The first-order valence-corrected chi connectivity index (χ1v) is 6.98. The van der Waals surface area contributed by atoms with Gasteiger partial charge in [0.1, 0.15) is 0 Å². The molecule has 0 radical (unpaired) electrons. The molecular weight excluding hydrogens is 230 g/mol. The van der Waals surface area contributed by atoms with Gasteiger partial charge in [0.15, 0.2) is 0 Å². The van der Waals surface area contributed by atoms with Gasteiger partial charge >= 0.3 is 5.97 Å². The standard InChI is InChI=1S/C14H27NO3/c1-5-18-13(16)12-6-8-15(9-7-12)10-14(4,17)11(2)3/h11-12,17H,5-10H2,1-4H3. The lowest BCUT2D eigenvalue weighted by Crippen LogP contribution is -2.48. The fraction of sp³-hybridized carbons (Fsp3) is 0.929. The maximum Gasteiger partial charge on any atom is 0.309 e. The van der Waals surface area contributed by atoms with Crippen LogP contribution < -0.4 is 0 Å². The van der Waals surface area contributed by atoms with E-state index in [0.717, 1.165) is 25.9 Å². The molecule has 1 N–H and O–H groups in total. The minimum atomic E-state index is -0.656. The number of likely N-dealkylation sites (tertiary alicyclic amines) is 1. The van der Waals surface area contributed by atoms with E-state index in [4.69, 9.17) is 4.74 Å². The number of esters is 1. The third kappa shape index (κ3) is 4.25. The lowest BCUT2D eigenvalue weighted by atomic mass is 9.90. The molecule has 0 aromatic carbocycles. The minimum absolute atomic E-state index is 0.0465. The number of hydrogen-bond acceptors (Lipinski definition) is 4. The molecule has 1 aliphatic rings. The highest BCUT2D eigenvalue weighted by Crippen LogP contribution is 2.23. The average molecular weight is 257 g/mol. The van der Waals surface area contributed by atoms with E-state index in [1.165, 1.54) is 0 Å². The van der Waals surface area contributed by atoms with Crippen molar-refractivity contribution in [1.29, 1.82) is 0 Å². The minimum Gasteiger partial charge on any atom is -0.466 e. The second kappa shape index (κ2) is 6.53. The Hall–Kier alpha value is -0.610. The SMILES string of the molecule is CCOC(=O)C1CCN(CC(C)(O)C(C)C)CC1. The Labute approximate surface area is 110 Å². The van der Waals surface area contributed by atoms with Crippen molar-refractivity contribution in [2.75, 3.05) is 26.2 Å². The van der Waals surface area contributed by atoms with Gasteiger partial charge in [-0.1, -0.05) is 13.8 Å². The third-order valence-corrected chi connectivity index (χ3v) is 4.00. The molecule has 0 saturated carbocycles. The number of aliphatic hydroxyl groups is 1. The number of carbonyl (C=O) groups excluding carboxylic acids is 1. The van der Waals surface area contributed by atoms with Crippen LogP contribution in [0.5, 0.6) is 0 Å². The molecule has 1 atom stereocenters. The molecule has 1 unspecified atom stereocenters. The Balaban J connectivity index is 2.38. The van der Waals surface area contributed by atoms with Crippen LogP contribution in [0.15, 0.2) is 0 Å². The van der Waals surface area contributed by atoms with Crippen LogP contribution in [0.2, 0.25) is 0 Å². The summed E-state index contributed by atoms with van der Waals surface area (Å²) in [6, 6.07) is 0. The summed E-state index contributed by atoms with van der Waals surface area (Å²) in [6.07, 6.45) is 1.68. The normalized spacial score (nSPS) is 21.9. The van der Waals surface area contributed by atoms with Crippen LogP contribution in [0.25, 0.3) is 0 Å². The molecule has 0 aromatic heterocycles. The predicted octanol–water partition coefficient (Wildman–Crippen LogP) is 1.67. The summed E-state index contributed by atoms with van der Waals surface area (Å²) in [4.78, 5) is 13.9. The van der Waals surface area contributed by atoms with Gasteiger partial charge in [0.05, 0.1) is 18.1 Å². The zero-order valence-electron chi connectivity index (χ0n) is 12.1. The summed E-state index contributed by atoms with van der Waals surface area (Å²) in [6.45, 7) is 10.7. The zero-order valence-corrected chi connectivity index (χ0v) is 12.1. The van der Waals surface area contributed by atoms with Gasteiger partial charge in [-0.15, -0.1) is 0 Å². The molecule has 18 heavy (non-hydrogen) atoms. The van der Waals surface area contributed by atoms with Crippen LogP contribution in [0, 0.1) is 11.8 Å². The summed E-state index contributed by atoms with van der Waals surface area (Å²) in [5.41, 5.74) is -0.656. The summed E-state index contributed by atoms with van der Waals surface area (Å²) in [5, 5.41) is 10.3. The Morgan fingerprint density at radius 1 is 1.44 bits per heavy atom. The number of rotatable bonds is 5. The van der Waals surface area contributed by atoms with Crippen LogP contribution in [0.3, 0.4) is 0 Å². The highest BCUT2D eigenvalue weighted by atomic mass is 16.5. The number of nitrogens with zero attached hydrogens (tertiary/aromatic N) is 1. The summed E-state index contributed by atoms with van der Waals surface area (Å²) < 4.78 is 5.05. The lowest BCUT2D eigenvalue weighted by molar-refractivity contribution is -0.149. The van der Waals surface area contributed by atoms with Gasteiger partial charge in [0.2, 0.25) is 0 Å². The Morgan fingerprint density at radius 2 is 2.00 bits per heavy atom. The van der Waals surface area contributed by atoms with Gasteiger partial charge in [-0.2, -0.15) is 0 Å². The fourth-order valence-electron chi connectivity index (χ4n) is 2.22. The fourth-order valence-corrected chi connectivity index (χ4v) is 2.22. The van der Waals surface area contributed by atoms with Gasteiger partial charge < -0.3 is 14.7 Å². The Bertz CT molecular complexity index is 268. The van der Waals surface area contributed by atoms with E-state index in [1.54, 1.807) is 0 Å². The topological polar surface area (TPSA) is 49.8 Å². The van der Waals surface area contributed by atoms with Crippen LogP contribution in [-0.4, -0.2) is 47.8 Å². The van der Waals surface area contributed by atoms with Crippen molar-refractivity contribution in [3.63, 3.8) is 0 Å². The van der Waals surface area contributed by atoms with Gasteiger partial charge in [0, 0.05) is 6.54 Å². The first kappa shape index (κ1) is 15.4. The van der Waals surface area contributed by atoms with Crippen molar-refractivity contribution in [3.05, 3.63) is 0 Å². The lowest BCUT2D eigenvalue weighted by Gasteiger charge is -2.37. The van der Waals surface area contributed by atoms with Crippen molar-refractivity contribution in [2.24, 2.45) is 11.8 Å². The number of piperidine rings is 1. The van der Waals surface area contributed by atoms with E-state index < -0.39 is 5.60 Å². The van der Waals surface area contributed by atoms with Crippen molar-refractivity contribution in [2.45, 2.75) is 46.1 Å². The molecule has 1 fully saturated rings. The largest absolute Gasteiger partial charge is 0.466 e. The predicted molar refractivity (Wildman–Crippen MR) is 71.3 cm³/mol. The highest BCUT2D eigenvalue weighted by molar-refractivity contribution is 5.72. The molecule has 0 spiro atoms. The van der Waals surface area contributed by atoms with Crippen molar-refractivity contribution in [1.82, 2.24) is 4.90 Å². The maximum atomic E-state index is 11.6. The van der Waals surface area contributed by atoms with E-state index in [1.807, 2.05) is 27.7 Å². The second-order valence-electron chi connectivity index (χ2n) is 5.81. The molecule has 0 amide bonds. The number of carbonyl (C=O) groups is 1.